The minimum absolute atomic E-state index is 0.309. The van der Waals surface area contributed by atoms with Crippen LogP contribution in [0.2, 0.25) is 0 Å². The number of benzene rings is 1. The quantitative estimate of drug-likeness (QED) is 0.788. The zero-order valence-corrected chi connectivity index (χ0v) is 12.0. The van der Waals surface area contributed by atoms with E-state index in [1.807, 2.05) is 0 Å². The monoisotopic (exact) mass is 289 g/mol. The molecule has 6 heteroatoms. The molecule has 110 valence electrons. The summed E-state index contributed by atoms with van der Waals surface area (Å²) in [5.74, 6) is 0.856. The molecular weight excluding hydrogens is 274 g/mol. The van der Waals surface area contributed by atoms with E-state index in [1.54, 1.807) is 24.3 Å². The first-order valence-corrected chi connectivity index (χ1v) is 6.11. The van der Waals surface area contributed by atoms with E-state index >= 15 is 0 Å². The van der Waals surface area contributed by atoms with Gasteiger partial charge < -0.3 is 18.6 Å². The van der Waals surface area contributed by atoms with Crippen molar-refractivity contribution in [2.45, 2.75) is 0 Å². The lowest BCUT2D eigenvalue weighted by molar-refractivity contribution is 0.0597. The summed E-state index contributed by atoms with van der Waals surface area (Å²) in [6.07, 6.45) is 6.32. The van der Waals surface area contributed by atoms with Crippen molar-refractivity contribution in [1.29, 1.82) is 0 Å². The number of hydrogen-bond acceptors (Lipinski definition) is 6. The van der Waals surface area contributed by atoms with Crippen LogP contribution in [0.15, 0.2) is 29.0 Å². The van der Waals surface area contributed by atoms with Gasteiger partial charge in [0.1, 0.15) is 23.3 Å². The molecular formula is C15H15NO5. The third kappa shape index (κ3) is 3.22. The third-order valence-corrected chi connectivity index (χ3v) is 2.81. The fourth-order valence-electron chi connectivity index (χ4n) is 1.82. The molecule has 1 aromatic heterocycles. The standard InChI is InChI=1S/C15H15NO5/c1-18-11-8-10(4-5-13-16-6-7-21-13)14(15(17)20-3)12(9-11)19-2/h4-9H,1-3H3/b5-4+. The van der Waals surface area contributed by atoms with Crippen LogP contribution >= 0.6 is 0 Å². The third-order valence-electron chi connectivity index (χ3n) is 2.81. The van der Waals surface area contributed by atoms with Crippen molar-refractivity contribution in [2.24, 2.45) is 0 Å². The maximum absolute atomic E-state index is 12.0. The molecule has 6 nitrogen and oxygen atoms in total. The van der Waals surface area contributed by atoms with Crippen LogP contribution in [-0.4, -0.2) is 32.3 Å². The summed E-state index contributed by atoms with van der Waals surface area (Å²) in [6.45, 7) is 0. The van der Waals surface area contributed by atoms with Crippen LogP contribution in [0, 0.1) is 0 Å². The Hall–Kier alpha value is -2.76. The molecule has 2 rings (SSSR count). The van der Waals surface area contributed by atoms with E-state index < -0.39 is 5.97 Å². The Balaban J connectivity index is 2.52. The van der Waals surface area contributed by atoms with Crippen LogP contribution in [0.25, 0.3) is 12.2 Å². The van der Waals surface area contributed by atoms with Gasteiger partial charge in [-0.05, 0) is 17.7 Å². The SMILES string of the molecule is COC(=O)c1c(/C=C/c2ncco2)cc(OC)cc1OC. The van der Waals surface area contributed by atoms with Gasteiger partial charge in [-0.3, -0.25) is 0 Å². The summed E-state index contributed by atoms with van der Waals surface area (Å²) in [5.41, 5.74) is 0.889. The minimum Gasteiger partial charge on any atom is -0.497 e. The molecule has 1 heterocycles. The minimum atomic E-state index is -0.499. The second-order valence-electron chi connectivity index (χ2n) is 3.99. The van der Waals surface area contributed by atoms with Gasteiger partial charge in [-0.2, -0.15) is 0 Å². The van der Waals surface area contributed by atoms with Crippen LogP contribution in [0.5, 0.6) is 11.5 Å². The molecule has 0 atom stereocenters. The number of aromatic nitrogens is 1. The highest BCUT2D eigenvalue weighted by Crippen LogP contribution is 2.30. The molecule has 0 amide bonds. The molecule has 21 heavy (non-hydrogen) atoms. The van der Waals surface area contributed by atoms with E-state index in [9.17, 15) is 4.79 Å². The number of methoxy groups -OCH3 is 3. The first-order valence-electron chi connectivity index (χ1n) is 6.11. The van der Waals surface area contributed by atoms with Crippen LogP contribution in [-0.2, 0) is 4.74 Å². The lowest BCUT2D eigenvalue weighted by atomic mass is 10.0. The zero-order chi connectivity index (χ0) is 15.2. The van der Waals surface area contributed by atoms with Gasteiger partial charge >= 0.3 is 5.97 Å². The fraction of sp³-hybridized carbons (Fsp3) is 0.200. The van der Waals surface area contributed by atoms with Crippen molar-refractivity contribution in [2.75, 3.05) is 21.3 Å². The van der Waals surface area contributed by atoms with Crippen molar-refractivity contribution >= 4 is 18.1 Å². The molecule has 0 radical (unpaired) electrons. The first-order chi connectivity index (χ1) is 10.2. The van der Waals surface area contributed by atoms with E-state index in [4.69, 9.17) is 18.6 Å². The average molecular weight is 289 g/mol. The molecule has 0 saturated heterocycles. The Morgan fingerprint density at radius 1 is 1.19 bits per heavy atom. The zero-order valence-electron chi connectivity index (χ0n) is 12.0. The number of esters is 1. The highest BCUT2D eigenvalue weighted by atomic mass is 16.5. The van der Waals surface area contributed by atoms with E-state index in [0.717, 1.165) is 0 Å². The van der Waals surface area contributed by atoms with Crippen LogP contribution < -0.4 is 9.47 Å². The molecule has 0 bridgehead atoms. The highest BCUT2D eigenvalue weighted by molar-refractivity contribution is 5.98. The van der Waals surface area contributed by atoms with Gasteiger partial charge in [0, 0.05) is 12.1 Å². The van der Waals surface area contributed by atoms with Crippen molar-refractivity contribution in [3.05, 3.63) is 41.6 Å². The molecule has 0 saturated carbocycles. The summed E-state index contributed by atoms with van der Waals surface area (Å²) < 4.78 is 20.3. The average Bonchev–Trinajstić information content (AvgIpc) is 3.04. The van der Waals surface area contributed by atoms with E-state index in [0.29, 0.717) is 28.5 Å². The summed E-state index contributed by atoms with van der Waals surface area (Å²) in [6, 6.07) is 3.32. The van der Waals surface area contributed by atoms with E-state index in [1.165, 1.54) is 33.8 Å². The van der Waals surface area contributed by atoms with Gasteiger partial charge in [-0.1, -0.05) is 0 Å². The number of rotatable bonds is 5. The Morgan fingerprint density at radius 2 is 2.00 bits per heavy atom. The summed E-state index contributed by atoms with van der Waals surface area (Å²) >= 11 is 0. The molecule has 0 aliphatic rings. The smallest absolute Gasteiger partial charge is 0.342 e. The summed E-state index contributed by atoms with van der Waals surface area (Å²) in [7, 11) is 4.32. The summed E-state index contributed by atoms with van der Waals surface area (Å²) in [4.78, 5) is 15.9. The van der Waals surface area contributed by atoms with Crippen molar-refractivity contribution in [3.63, 3.8) is 0 Å². The number of carbonyl (C=O) groups excluding carboxylic acids is 1. The molecule has 0 N–H and O–H groups in total. The van der Waals surface area contributed by atoms with Gasteiger partial charge in [0.15, 0.2) is 0 Å². The Kier molecular flexibility index (Phi) is 4.61. The van der Waals surface area contributed by atoms with Crippen molar-refractivity contribution < 1.29 is 23.4 Å². The Labute approximate surface area is 122 Å². The number of nitrogens with zero attached hydrogens (tertiary/aromatic N) is 1. The Bertz CT molecular complexity index is 646. The second-order valence-corrected chi connectivity index (χ2v) is 3.99. The highest BCUT2D eigenvalue weighted by Gasteiger charge is 2.18. The number of carbonyl (C=O) groups is 1. The number of hydrogen-bond donors (Lipinski definition) is 0. The molecule has 2 aromatic rings. The Morgan fingerprint density at radius 3 is 2.57 bits per heavy atom. The molecule has 0 unspecified atom stereocenters. The van der Waals surface area contributed by atoms with Crippen LogP contribution in [0.1, 0.15) is 21.8 Å². The van der Waals surface area contributed by atoms with Crippen molar-refractivity contribution in [3.8, 4) is 11.5 Å². The van der Waals surface area contributed by atoms with Gasteiger partial charge in [0.25, 0.3) is 0 Å². The predicted molar refractivity (Wildman–Crippen MR) is 76.3 cm³/mol. The molecule has 0 aliphatic carbocycles. The van der Waals surface area contributed by atoms with Gasteiger partial charge in [0.05, 0.1) is 27.5 Å². The largest absolute Gasteiger partial charge is 0.497 e. The maximum atomic E-state index is 12.0. The molecule has 0 aliphatic heterocycles. The van der Waals surface area contributed by atoms with E-state index in [2.05, 4.69) is 4.98 Å². The van der Waals surface area contributed by atoms with Crippen LogP contribution in [0.4, 0.5) is 0 Å². The predicted octanol–water partition coefficient (Wildman–Crippen LogP) is 2.65. The number of oxazole rings is 1. The molecule has 1 aromatic carbocycles. The second kappa shape index (κ2) is 6.60. The maximum Gasteiger partial charge on any atom is 0.342 e. The van der Waals surface area contributed by atoms with Gasteiger partial charge in [-0.25, -0.2) is 9.78 Å². The first kappa shape index (κ1) is 14.6. The summed E-state index contributed by atoms with van der Waals surface area (Å²) in [5, 5.41) is 0. The van der Waals surface area contributed by atoms with Crippen LogP contribution in [0.3, 0.4) is 0 Å². The lowest BCUT2D eigenvalue weighted by Gasteiger charge is -2.12. The fourth-order valence-corrected chi connectivity index (χ4v) is 1.82. The van der Waals surface area contributed by atoms with E-state index in [-0.39, 0.29) is 0 Å². The normalized spacial score (nSPS) is 10.6. The number of ether oxygens (including phenoxy) is 3. The molecule has 0 fully saturated rings. The lowest BCUT2D eigenvalue weighted by Crippen LogP contribution is -2.07. The molecule has 0 spiro atoms. The topological polar surface area (TPSA) is 70.8 Å². The van der Waals surface area contributed by atoms with Gasteiger partial charge in [-0.15, -0.1) is 0 Å². The van der Waals surface area contributed by atoms with Crippen molar-refractivity contribution in [1.82, 2.24) is 4.98 Å². The van der Waals surface area contributed by atoms with Gasteiger partial charge in [0.2, 0.25) is 5.89 Å².